The zero-order valence-electron chi connectivity index (χ0n) is 13.0. The van der Waals surface area contributed by atoms with Gasteiger partial charge in [-0.2, -0.15) is 5.16 Å². The minimum Gasteiger partial charge on any atom is -0.396 e. The Balaban J connectivity index is 1.90. The predicted molar refractivity (Wildman–Crippen MR) is 79.5 cm³/mol. The Morgan fingerprint density at radius 1 is 1.59 bits per heavy atom. The highest BCUT2D eigenvalue weighted by Crippen LogP contribution is 2.33. The molecule has 1 amide bonds. The molecule has 2 heterocycles. The fraction of sp³-hybridized carbons (Fsp3) is 0.733. The van der Waals surface area contributed by atoms with E-state index in [2.05, 4.69) is 5.16 Å². The standard InChI is InChI=1S/C15H24N2O5/c1-21-8-6-15(11-18)5-2-7-17(10-15)14(20)4-3-12-9-13(19)16-22-12/h9,18H,2-8,10-11H2,1H3,(H,16,19)/t15-/m1/s1. The maximum absolute atomic E-state index is 12.3. The SMILES string of the molecule is COCC[C@]1(CO)CCCN(C(=O)CCc2cc(=O)[nH]o2)C1. The van der Waals surface area contributed by atoms with Gasteiger partial charge in [0.25, 0.3) is 5.56 Å². The maximum Gasteiger partial charge on any atom is 0.280 e. The summed E-state index contributed by atoms with van der Waals surface area (Å²) in [6, 6.07) is 1.36. The summed E-state index contributed by atoms with van der Waals surface area (Å²) in [5.41, 5.74) is -0.552. The lowest BCUT2D eigenvalue weighted by Crippen LogP contribution is -2.48. The van der Waals surface area contributed by atoms with Crippen LogP contribution in [0.5, 0.6) is 0 Å². The van der Waals surface area contributed by atoms with Gasteiger partial charge in [0.1, 0.15) is 5.76 Å². The molecule has 2 N–H and O–H groups in total. The molecule has 1 aliphatic rings. The van der Waals surface area contributed by atoms with E-state index in [1.165, 1.54) is 6.07 Å². The van der Waals surface area contributed by atoms with Gasteiger partial charge in [-0.25, -0.2) is 0 Å². The first-order valence-electron chi connectivity index (χ1n) is 7.63. The van der Waals surface area contributed by atoms with Crippen LogP contribution in [0.25, 0.3) is 0 Å². The van der Waals surface area contributed by atoms with Gasteiger partial charge in [0.05, 0.1) is 6.61 Å². The number of aromatic amines is 1. The molecule has 1 fully saturated rings. The van der Waals surface area contributed by atoms with Gasteiger partial charge in [0, 0.05) is 51.1 Å². The summed E-state index contributed by atoms with van der Waals surface area (Å²) in [4.78, 5) is 25.1. The average Bonchev–Trinajstić information content (AvgIpc) is 2.96. The average molecular weight is 312 g/mol. The number of aromatic nitrogens is 1. The second-order valence-corrected chi connectivity index (χ2v) is 6.00. The van der Waals surface area contributed by atoms with Crippen LogP contribution in [0.4, 0.5) is 0 Å². The molecular weight excluding hydrogens is 288 g/mol. The number of piperidine rings is 1. The summed E-state index contributed by atoms with van der Waals surface area (Å²) in [6.07, 6.45) is 3.24. The monoisotopic (exact) mass is 312 g/mol. The Morgan fingerprint density at radius 2 is 2.41 bits per heavy atom. The number of nitrogens with zero attached hydrogens (tertiary/aromatic N) is 1. The zero-order chi connectivity index (χ0) is 16.0. The molecule has 0 spiro atoms. The number of rotatable bonds is 7. The zero-order valence-corrected chi connectivity index (χ0v) is 13.0. The Hall–Kier alpha value is -1.60. The number of likely N-dealkylation sites (tertiary alicyclic amines) is 1. The van der Waals surface area contributed by atoms with Crippen molar-refractivity contribution >= 4 is 5.91 Å². The predicted octanol–water partition coefficient (Wildman–Crippen LogP) is 0.538. The molecule has 2 rings (SSSR count). The molecule has 1 saturated heterocycles. The number of ether oxygens (including phenoxy) is 1. The van der Waals surface area contributed by atoms with E-state index in [0.29, 0.717) is 38.3 Å². The topological polar surface area (TPSA) is 95.8 Å². The van der Waals surface area contributed by atoms with Crippen LogP contribution in [-0.4, -0.2) is 54.5 Å². The second-order valence-electron chi connectivity index (χ2n) is 6.00. The molecule has 1 atom stereocenters. The van der Waals surface area contributed by atoms with Crippen LogP contribution in [0.15, 0.2) is 15.4 Å². The van der Waals surface area contributed by atoms with Gasteiger partial charge in [-0.15, -0.1) is 0 Å². The van der Waals surface area contributed by atoms with Gasteiger partial charge in [-0.3, -0.25) is 9.59 Å². The molecule has 7 heteroatoms. The lowest BCUT2D eigenvalue weighted by molar-refractivity contribution is -0.136. The van der Waals surface area contributed by atoms with Crippen molar-refractivity contribution in [3.05, 3.63) is 22.2 Å². The molecule has 0 aromatic carbocycles. The van der Waals surface area contributed by atoms with Gasteiger partial charge in [0.15, 0.2) is 0 Å². The first-order chi connectivity index (χ1) is 10.6. The van der Waals surface area contributed by atoms with E-state index < -0.39 is 0 Å². The van der Waals surface area contributed by atoms with E-state index in [1.807, 2.05) is 0 Å². The number of carbonyl (C=O) groups excluding carboxylic acids is 1. The van der Waals surface area contributed by atoms with Gasteiger partial charge in [-0.1, -0.05) is 0 Å². The Bertz CT molecular complexity index is 538. The number of hydrogen-bond acceptors (Lipinski definition) is 5. The first-order valence-corrected chi connectivity index (χ1v) is 7.63. The molecule has 0 radical (unpaired) electrons. The Labute approximate surface area is 129 Å². The summed E-state index contributed by atoms with van der Waals surface area (Å²) < 4.78 is 10.1. The number of aliphatic hydroxyl groups is 1. The Kier molecular flexibility index (Phi) is 5.79. The van der Waals surface area contributed by atoms with Crippen molar-refractivity contribution in [3.63, 3.8) is 0 Å². The number of carbonyl (C=O) groups is 1. The van der Waals surface area contributed by atoms with Crippen LogP contribution in [0.2, 0.25) is 0 Å². The van der Waals surface area contributed by atoms with E-state index in [9.17, 15) is 14.7 Å². The van der Waals surface area contributed by atoms with E-state index in [-0.39, 0.29) is 23.5 Å². The quantitative estimate of drug-likeness (QED) is 0.766. The molecule has 124 valence electrons. The summed E-state index contributed by atoms with van der Waals surface area (Å²) in [6.45, 7) is 1.91. The minimum atomic E-state index is -0.292. The van der Waals surface area contributed by atoms with Crippen LogP contribution in [0.1, 0.15) is 31.4 Å². The molecule has 22 heavy (non-hydrogen) atoms. The summed E-state index contributed by atoms with van der Waals surface area (Å²) in [5.74, 6) is 0.516. The smallest absolute Gasteiger partial charge is 0.280 e. The van der Waals surface area contributed by atoms with Crippen molar-refractivity contribution < 1.29 is 19.2 Å². The minimum absolute atomic E-state index is 0.0267. The molecule has 0 saturated carbocycles. The third kappa shape index (κ3) is 4.20. The summed E-state index contributed by atoms with van der Waals surface area (Å²) >= 11 is 0. The van der Waals surface area contributed by atoms with Gasteiger partial charge >= 0.3 is 0 Å². The summed E-state index contributed by atoms with van der Waals surface area (Å²) in [5, 5.41) is 11.9. The van der Waals surface area contributed by atoms with Crippen molar-refractivity contribution in [1.29, 1.82) is 0 Å². The molecule has 0 aliphatic carbocycles. The fourth-order valence-corrected chi connectivity index (χ4v) is 2.98. The second kappa shape index (κ2) is 7.60. The molecule has 1 aromatic rings. The lowest BCUT2D eigenvalue weighted by atomic mass is 9.78. The number of nitrogens with one attached hydrogen (secondary N) is 1. The normalized spacial score (nSPS) is 22.0. The van der Waals surface area contributed by atoms with Crippen LogP contribution in [-0.2, 0) is 16.0 Å². The van der Waals surface area contributed by atoms with Crippen molar-refractivity contribution in [3.8, 4) is 0 Å². The maximum atomic E-state index is 12.3. The lowest BCUT2D eigenvalue weighted by Gasteiger charge is -2.42. The van der Waals surface area contributed by atoms with E-state index in [4.69, 9.17) is 9.26 Å². The molecule has 1 aromatic heterocycles. The third-order valence-electron chi connectivity index (χ3n) is 4.35. The Morgan fingerprint density at radius 3 is 3.05 bits per heavy atom. The first kappa shape index (κ1) is 16.8. The van der Waals surface area contributed by atoms with Crippen molar-refractivity contribution in [2.75, 3.05) is 33.4 Å². The highest BCUT2D eigenvalue weighted by atomic mass is 16.5. The number of aliphatic hydroxyl groups excluding tert-OH is 1. The molecule has 7 nitrogen and oxygen atoms in total. The van der Waals surface area contributed by atoms with Crippen molar-refractivity contribution in [2.24, 2.45) is 5.41 Å². The summed E-state index contributed by atoms with van der Waals surface area (Å²) in [7, 11) is 1.64. The van der Waals surface area contributed by atoms with Crippen LogP contribution < -0.4 is 5.56 Å². The van der Waals surface area contributed by atoms with E-state index in [0.717, 1.165) is 19.3 Å². The molecular formula is C15H24N2O5. The van der Waals surface area contributed by atoms with Gasteiger partial charge < -0.3 is 19.3 Å². The number of aryl methyl sites for hydroxylation is 1. The number of methoxy groups -OCH3 is 1. The largest absolute Gasteiger partial charge is 0.396 e. The van der Waals surface area contributed by atoms with Crippen LogP contribution >= 0.6 is 0 Å². The van der Waals surface area contributed by atoms with Gasteiger partial charge in [-0.05, 0) is 19.3 Å². The third-order valence-corrected chi connectivity index (χ3v) is 4.35. The van der Waals surface area contributed by atoms with E-state index in [1.54, 1.807) is 12.0 Å². The van der Waals surface area contributed by atoms with Crippen LogP contribution in [0, 0.1) is 5.41 Å². The number of amides is 1. The fourth-order valence-electron chi connectivity index (χ4n) is 2.98. The van der Waals surface area contributed by atoms with Crippen LogP contribution in [0.3, 0.4) is 0 Å². The highest BCUT2D eigenvalue weighted by Gasteiger charge is 2.36. The number of H-pyrrole nitrogens is 1. The highest BCUT2D eigenvalue weighted by molar-refractivity contribution is 5.76. The van der Waals surface area contributed by atoms with Crippen molar-refractivity contribution in [1.82, 2.24) is 10.1 Å². The number of hydrogen-bond donors (Lipinski definition) is 2. The molecule has 0 bridgehead atoms. The van der Waals surface area contributed by atoms with Crippen molar-refractivity contribution in [2.45, 2.75) is 32.1 Å². The molecule has 0 unspecified atom stereocenters. The molecule has 1 aliphatic heterocycles. The van der Waals surface area contributed by atoms with Gasteiger partial charge in [0.2, 0.25) is 5.91 Å². The van der Waals surface area contributed by atoms with E-state index >= 15 is 0 Å².